The van der Waals surface area contributed by atoms with Gasteiger partial charge in [0.15, 0.2) is 0 Å². The molecule has 0 N–H and O–H groups in total. The first kappa shape index (κ1) is 15.3. The molecule has 1 unspecified atom stereocenters. The molecule has 1 aromatic rings. The van der Waals surface area contributed by atoms with E-state index < -0.39 is 0 Å². The number of hydrogen-bond acceptors (Lipinski definition) is 4. The fourth-order valence-electron chi connectivity index (χ4n) is 1.64. The fourth-order valence-corrected chi connectivity index (χ4v) is 2.35. The molecule has 0 aliphatic heterocycles. The van der Waals surface area contributed by atoms with Gasteiger partial charge in [0.25, 0.3) is 0 Å². The van der Waals surface area contributed by atoms with Crippen LogP contribution in [0, 0.1) is 0 Å². The number of thioether (sulfide) groups is 2. The van der Waals surface area contributed by atoms with Gasteiger partial charge in [0.05, 0.1) is 0 Å². The summed E-state index contributed by atoms with van der Waals surface area (Å²) in [5.74, 6) is 0.355. The van der Waals surface area contributed by atoms with Crippen molar-refractivity contribution in [2.24, 2.45) is 0 Å². The first-order chi connectivity index (χ1) is 8.53. The second-order valence-electron chi connectivity index (χ2n) is 4.14. The average Bonchev–Trinajstić information content (AvgIpc) is 2.43. The summed E-state index contributed by atoms with van der Waals surface area (Å²) < 4.78 is 0. The minimum atomic E-state index is 0.00954. The molecule has 1 aromatic carbocycles. The van der Waals surface area contributed by atoms with Gasteiger partial charge in [-0.2, -0.15) is 0 Å². The van der Waals surface area contributed by atoms with Gasteiger partial charge in [-0.25, -0.2) is 0 Å². The molecule has 0 aromatic heterocycles. The number of rotatable bonds is 4. The molecular weight excluding hydrogens is 264 g/mol. The molecule has 2 nitrogen and oxygen atoms in total. The molecule has 0 bridgehead atoms. The first-order valence-electron chi connectivity index (χ1n) is 5.85. The Hall–Kier alpha value is -0.740. The van der Waals surface area contributed by atoms with E-state index in [-0.39, 0.29) is 10.2 Å². The molecule has 0 saturated carbocycles. The molecule has 1 rings (SSSR count). The van der Waals surface area contributed by atoms with Gasteiger partial charge in [0.1, 0.15) is 0 Å². The lowest BCUT2D eigenvalue weighted by Gasteiger charge is -2.12. The molecule has 0 saturated heterocycles. The van der Waals surface area contributed by atoms with Crippen LogP contribution in [0.15, 0.2) is 18.2 Å². The Balaban J connectivity index is 3.28. The standard InChI is InChI=1S/C14H18O2S2/c1-5-9(2)10-6-11(13(15)17-3)8-12(7-10)14(16)18-4/h6-9H,5H2,1-4H3. The fraction of sp³-hybridized carbons (Fsp3) is 0.429. The van der Waals surface area contributed by atoms with Gasteiger partial charge >= 0.3 is 0 Å². The lowest BCUT2D eigenvalue weighted by molar-refractivity contribution is 0.108. The molecule has 0 radical (unpaired) electrons. The van der Waals surface area contributed by atoms with Crippen LogP contribution < -0.4 is 0 Å². The minimum absolute atomic E-state index is 0.00954. The third-order valence-corrected chi connectivity index (χ3v) is 4.19. The maximum Gasteiger partial charge on any atom is 0.219 e. The molecule has 98 valence electrons. The monoisotopic (exact) mass is 282 g/mol. The number of carbonyl (C=O) groups excluding carboxylic acids is 2. The predicted molar refractivity (Wildman–Crippen MR) is 80.8 cm³/mol. The Kier molecular flexibility index (Phi) is 5.96. The Bertz CT molecular complexity index is 421. The van der Waals surface area contributed by atoms with Crippen LogP contribution in [0.5, 0.6) is 0 Å². The van der Waals surface area contributed by atoms with Crippen molar-refractivity contribution >= 4 is 33.8 Å². The third kappa shape index (κ3) is 3.62. The van der Waals surface area contributed by atoms with E-state index in [9.17, 15) is 9.59 Å². The van der Waals surface area contributed by atoms with Gasteiger partial charge < -0.3 is 0 Å². The van der Waals surface area contributed by atoms with Crippen molar-refractivity contribution in [3.8, 4) is 0 Å². The van der Waals surface area contributed by atoms with Gasteiger partial charge in [-0.05, 0) is 48.6 Å². The molecule has 4 heteroatoms. The highest BCUT2D eigenvalue weighted by atomic mass is 32.2. The molecule has 18 heavy (non-hydrogen) atoms. The van der Waals surface area contributed by atoms with E-state index in [0.29, 0.717) is 17.0 Å². The van der Waals surface area contributed by atoms with Crippen LogP contribution in [0.2, 0.25) is 0 Å². The van der Waals surface area contributed by atoms with Crippen LogP contribution in [0.4, 0.5) is 0 Å². The van der Waals surface area contributed by atoms with Crippen LogP contribution in [-0.4, -0.2) is 22.7 Å². The predicted octanol–water partition coefficient (Wildman–Crippen LogP) is 4.21. The normalized spacial score (nSPS) is 12.2. The van der Waals surface area contributed by atoms with E-state index in [1.54, 1.807) is 18.6 Å². The quantitative estimate of drug-likeness (QED) is 0.828. The van der Waals surface area contributed by atoms with Crippen molar-refractivity contribution in [3.63, 3.8) is 0 Å². The van der Waals surface area contributed by atoms with Gasteiger partial charge in [0, 0.05) is 11.1 Å². The molecule has 1 atom stereocenters. The molecule has 0 aliphatic rings. The lowest BCUT2D eigenvalue weighted by Crippen LogP contribution is -2.03. The average molecular weight is 282 g/mol. The smallest absolute Gasteiger partial charge is 0.219 e. The van der Waals surface area contributed by atoms with Crippen molar-refractivity contribution < 1.29 is 9.59 Å². The maximum absolute atomic E-state index is 11.8. The highest BCUT2D eigenvalue weighted by molar-refractivity contribution is 8.13. The summed E-state index contributed by atoms with van der Waals surface area (Å²) in [5, 5.41) is 0.0191. The SMILES string of the molecule is CCC(C)c1cc(C(=O)SC)cc(C(=O)SC)c1. The van der Waals surface area contributed by atoms with Crippen LogP contribution >= 0.6 is 23.5 Å². The Morgan fingerprint density at radius 3 is 1.83 bits per heavy atom. The van der Waals surface area contributed by atoms with Gasteiger partial charge in [-0.1, -0.05) is 37.4 Å². The van der Waals surface area contributed by atoms with Crippen LogP contribution in [0.3, 0.4) is 0 Å². The maximum atomic E-state index is 11.8. The summed E-state index contributed by atoms with van der Waals surface area (Å²) in [6, 6.07) is 5.51. The lowest BCUT2D eigenvalue weighted by atomic mass is 9.95. The van der Waals surface area contributed by atoms with E-state index >= 15 is 0 Å². The third-order valence-electron chi connectivity index (χ3n) is 2.98. The van der Waals surface area contributed by atoms with Crippen LogP contribution in [0.1, 0.15) is 52.5 Å². The summed E-state index contributed by atoms with van der Waals surface area (Å²) in [6.45, 7) is 4.21. The van der Waals surface area contributed by atoms with Crippen LogP contribution in [0.25, 0.3) is 0 Å². The van der Waals surface area contributed by atoms with Crippen molar-refractivity contribution in [2.45, 2.75) is 26.2 Å². The largest absolute Gasteiger partial charge is 0.282 e. The molecule has 0 aliphatic carbocycles. The van der Waals surface area contributed by atoms with Crippen molar-refractivity contribution in [1.29, 1.82) is 0 Å². The van der Waals surface area contributed by atoms with Crippen molar-refractivity contribution in [3.05, 3.63) is 34.9 Å². The summed E-state index contributed by atoms with van der Waals surface area (Å²) >= 11 is 2.35. The molecule has 0 fully saturated rings. The summed E-state index contributed by atoms with van der Waals surface area (Å²) in [4.78, 5) is 23.6. The zero-order valence-electron chi connectivity index (χ0n) is 11.1. The zero-order chi connectivity index (χ0) is 13.7. The Morgan fingerprint density at radius 2 is 1.50 bits per heavy atom. The van der Waals surface area contributed by atoms with Gasteiger partial charge in [0.2, 0.25) is 10.2 Å². The van der Waals surface area contributed by atoms with E-state index in [1.807, 2.05) is 12.1 Å². The van der Waals surface area contributed by atoms with E-state index in [1.165, 1.54) is 23.5 Å². The molecule has 0 heterocycles. The van der Waals surface area contributed by atoms with Crippen molar-refractivity contribution in [1.82, 2.24) is 0 Å². The Morgan fingerprint density at radius 1 is 1.06 bits per heavy atom. The molecule has 0 spiro atoms. The molecule has 0 amide bonds. The minimum Gasteiger partial charge on any atom is -0.282 e. The molecular formula is C14H18O2S2. The van der Waals surface area contributed by atoms with Gasteiger partial charge in [-0.15, -0.1) is 0 Å². The van der Waals surface area contributed by atoms with E-state index in [4.69, 9.17) is 0 Å². The number of hydrogen-bond donors (Lipinski definition) is 0. The van der Waals surface area contributed by atoms with Crippen LogP contribution in [-0.2, 0) is 0 Å². The summed E-state index contributed by atoms with van der Waals surface area (Å²) in [5.41, 5.74) is 2.31. The number of benzene rings is 1. The van der Waals surface area contributed by atoms with Crippen molar-refractivity contribution in [2.75, 3.05) is 12.5 Å². The Labute approximate surface area is 117 Å². The van der Waals surface area contributed by atoms with E-state index in [0.717, 1.165) is 12.0 Å². The highest BCUT2D eigenvalue weighted by Crippen LogP contribution is 2.25. The second-order valence-corrected chi connectivity index (χ2v) is 5.69. The highest BCUT2D eigenvalue weighted by Gasteiger charge is 2.14. The topological polar surface area (TPSA) is 34.1 Å². The van der Waals surface area contributed by atoms with Gasteiger partial charge in [-0.3, -0.25) is 9.59 Å². The number of carbonyl (C=O) groups is 2. The first-order valence-corrected chi connectivity index (χ1v) is 8.30. The second kappa shape index (κ2) is 7.00. The summed E-state index contributed by atoms with van der Waals surface area (Å²) in [7, 11) is 0. The summed E-state index contributed by atoms with van der Waals surface area (Å²) in [6.07, 6.45) is 4.51. The van der Waals surface area contributed by atoms with E-state index in [2.05, 4.69) is 13.8 Å². The zero-order valence-corrected chi connectivity index (χ0v) is 12.8.